The van der Waals surface area contributed by atoms with Gasteiger partial charge >= 0.3 is 0 Å². The van der Waals surface area contributed by atoms with Gasteiger partial charge in [-0.2, -0.15) is 5.10 Å². The Morgan fingerprint density at radius 1 is 1.39 bits per heavy atom. The fraction of sp³-hybridized carbons (Fsp3) is 0.562. The van der Waals surface area contributed by atoms with Crippen LogP contribution in [0.1, 0.15) is 41.8 Å². The molecule has 2 aromatic heterocycles. The van der Waals surface area contributed by atoms with E-state index in [-0.39, 0.29) is 11.9 Å². The zero-order valence-corrected chi connectivity index (χ0v) is 13.9. The average molecular weight is 317 g/mol. The minimum atomic E-state index is -0.0442. The van der Waals surface area contributed by atoms with Gasteiger partial charge in [-0.05, 0) is 13.8 Å². The molecule has 0 fully saturated rings. The van der Waals surface area contributed by atoms with E-state index < -0.39 is 0 Å². The predicted molar refractivity (Wildman–Crippen MR) is 85.1 cm³/mol. The first kappa shape index (κ1) is 15.7. The predicted octanol–water partition coefficient (Wildman–Crippen LogP) is 1.41. The Labute approximate surface area is 135 Å². The Balaban J connectivity index is 1.76. The van der Waals surface area contributed by atoms with Gasteiger partial charge in [-0.25, -0.2) is 4.98 Å². The third kappa shape index (κ3) is 3.01. The Morgan fingerprint density at radius 2 is 2.22 bits per heavy atom. The number of nitrogens with zero attached hydrogens (tertiary/aromatic N) is 5. The van der Waals surface area contributed by atoms with Crippen molar-refractivity contribution in [3.05, 3.63) is 35.7 Å². The number of hydrogen-bond acceptors (Lipinski definition) is 4. The third-order valence-corrected chi connectivity index (χ3v) is 4.29. The maximum atomic E-state index is 12.7. The number of amides is 1. The smallest absolute Gasteiger partial charge is 0.257 e. The molecule has 0 N–H and O–H groups in total. The molecule has 0 spiro atoms. The SMILES string of the molecule is CCOCCc1cnc2n1CCN(C(=O)c1cnn(C)c1)C2C. The number of hydrogen-bond donors (Lipinski definition) is 0. The molecule has 7 heteroatoms. The van der Waals surface area contributed by atoms with E-state index in [0.29, 0.717) is 18.7 Å². The largest absolute Gasteiger partial charge is 0.381 e. The molecule has 3 rings (SSSR count). The van der Waals surface area contributed by atoms with E-state index >= 15 is 0 Å². The van der Waals surface area contributed by atoms with Gasteiger partial charge in [0.1, 0.15) is 5.82 Å². The fourth-order valence-electron chi connectivity index (χ4n) is 3.05. The summed E-state index contributed by atoms with van der Waals surface area (Å²) >= 11 is 0. The quantitative estimate of drug-likeness (QED) is 0.782. The molecule has 3 heterocycles. The van der Waals surface area contributed by atoms with Gasteiger partial charge in [-0.1, -0.05) is 0 Å². The molecule has 1 aliphatic rings. The number of imidazole rings is 1. The van der Waals surface area contributed by atoms with Crippen LogP contribution in [0.3, 0.4) is 0 Å². The van der Waals surface area contributed by atoms with Crippen LogP contribution < -0.4 is 0 Å². The highest BCUT2D eigenvalue weighted by molar-refractivity contribution is 5.94. The summed E-state index contributed by atoms with van der Waals surface area (Å²) in [6, 6.07) is -0.0442. The maximum Gasteiger partial charge on any atom is 0.257 e. The summed E-state index contributed by atoms with van der Waals surface area (Å²) in [6.07, 6.45) is 6.13. The molecule has 0 bridgehead atoms. The van der Waals surface area contributed by atoms with Gasteiger partial charge in [0.25, 0.3) is 5.91 Å². The van der Waals surface area contributed by atoms with Crippen LogP contribution in [0.5, 0.6) is 0 Å². The number of carbonyl (C=O) groups is 1. The second-order valence-corrected chi connectivity index (χ2v) is 5.78. The summed E-state index contributed by atoms with van der Waals surface area (Å²) in [7, 11) is 1.81. The van der Waals surface area contributed by atoms with Crippen molar-refractivity contribution in [2.75, 3.05) is 19.8 Å². The molecule has 1 unspecified atom stereocenters. The van der Waals surface area contributed by atoms with E-state index in [1.807, 2.05) is 32.0 Å². The van der Waals surface area contributed by atoms with Gasteiger partial charge in [0, 0.05) is 51.3 Å². The standard InChI is InChI=1S/C16H23N5O2/c1-4-23-8-5-14-10-17-15-12(2)20(6-7-21(14)15)16(22)13-9-18-19(3)11-13/h9-12H,4-8H2,1-3H3. The molecule has 0 saturated carbocycles. The van der Waals surface area contributed by atoms with Crippen LogP contribution in [0.25, 0.3) is 0 Å². The molecule has 0 saturated heterocycles. The van der Waals surface area contributed by atoms with Gasteiger partial charge in [-0.3, -0.25) is 9.48 Å². The molecule has 124 valence electrons. The van der Waals surface area contributed by atoms with Crippen LogP contribution in [-0.2, 0) is 24.8 Å². The van der Waals surface area contributed by atoms with E-state index in [4.69, 9.17) is 4.74 Å². The van der Waals surface area contributed by atoms with Crippen molar-refractivity contribution < 1.29 is 9.53 Å². The summed E-state index contributed by atoms with van der Waals surface area (Å²) in [6.45, 7) is 6.90. The molecule has 0 aliphatic carbocycles. The summed E-state index contributed by atoms with van der Waals surface area (Å²) in [5.41, 5.74) is 1.80. The highest BCUT2D eigenvalue weighted by Gasteiger charge is 2.31. The average Bonchev–Trinajstić information content (AvgIpc) is 3.15. The molecule has 1 aliphatic heterocycles. The van der Waals surface area contributed by atoms with E-state index in [2.05, 4.69) is 14.6 Å². The van der Waals surface area contributed by atoms with E-state index in [1.165, 1.54) is 5.69 Å². The zero-order valence-electron chi connectivity index (χ0n) is 13.9. The minimum absolute atomic E-state index is 0.00992. The van der Waals surface area contributed by atoms with Crippen LogP contribution in [0.4, 0.5) is 0 Å². The van der Waals surface area contributed by atoms with Crippen LogP contribution in [0, 0.1) is 0 Å². The van der Waals surface area contributed by atoms with Gasteiger partial charge < -0.3 is 14.2 Å². The van der Waals surface area contributed by atoms with Crippen molar-refractivity contribution in [1.82, 2.24) is 24.2 Å². The number of aryl methyl sites for hydroxylation is 1. The van der Waals surface area contributed by atoms with E-state index in [9.17, 15) is 4.79 Å². The number of ether oxygens (including phenoxy) is 1. The Bertz CT molecular complexity index is 690. The van der Waals surface area contributed by atoms with Crippen molar-refractivity contribution in [3.8, 4) is 0 Å². The zero-order chi connectivity index (χ0) is 16.4. The summed E-state index contributed by atoms with van der Waals surface area (Å²) in [5.74, 6) is 0.954. The van der Waals surface area contributed by atoms with E-state index in [1.54, 1.807) is 17.1 Å². The lowest BCUT2D eigenvalue weighted by Crippen LogP contribution is -2.41. The lowest BCUT2D eigenvalue weighted by atomic mass is 10.1. The maximum absolute atomic E-state index is 12.7. The molecule has 23 heavy (non-hydrogen) atoms. The van der Waals surface area contributed by atoms with Crippen LogP contribution >= 0.6 is 0 Å². The topological polar surface area (TPSA) is 65.2 Å². The molecule has 0 radical (unpaired) electrons. The van der Waals surface area contributed by atoms with E-state index in [0.717, 1.165) is 25.4 Å². The van der Waals surface area contributed by atoms with Gasteiger partial charge in [0.2, 0.25) is 0 Å². The molecule has 2 aromatic rings. The fourth-order valence-corrected chi connectivity index (χ4v) is 3.05. The van der Waals surface area contributed by atoms with Gasteiger partial charge in [-0.15, -0.1) is 0 Å². The lowest BCUT2D eigenvalue weighted by Gasteiger charge is -2.34. The monoisotopic (exact) mass is 317 g/mol. The normalized spacial score (nSPS) is 17.3. The second kappa shape index (κ2) is 6.54. The molecular weight excluding hydrogens is 294 g/mol. The number of fused-ring (bicyclic) bond motifs is 1. The van der Waals surface area contributed by atoms with Crippen molar-refractivity contribution in [1.29, 1.82) is 0 Å². The summed E-state index contributed by atoms with van der Waals surface area (Å²) in [5, 5.41) is 4.08. The molecule has 0 aromatic carbocycles. The first-order valence-electron chi connectivity index (χ1n) is 8.03. The number of aromatic nitrogens is 4. The highest BCUT2D eigenvalue weighted by Crippen LogP contribution is 2.27. The second-order valence-electron chi connectivity index (χ2n) is 5.78. The van der Waals surface area contributed by atoms with Crippen LogP contribution in [0.15, 0.2) is 18.6 Å². The van der Waals surface area contributed by atoms with Crippen LogP contribution in [-0.4, -0.2) is 49.9 Å². The Morgan fingerprint density at radius 3 is 2.91 bits per heavy atom. The molecule has 1 amide bonds. The lowest BCUT2D eigenvalue weighted by molar-refractivity contribution is 0.0635. The van der Waals surface area contributed by atoms with Crippen LogP contribution in [0.2, 0.25) is 0 Å². The number of rotatable bonds is 5. The molecule has 7 nitrogen and oxygen atoms in total. The first-order chi connectivity index (χ1) is 11.1. The summed E-state index contributed by atoms with van der Waals surface area (Å²) < 4.78 is 9.30. The Hall–Kier alpha value is -2.15. The summed E-state index contributed by atoms with van der Waals surface area (Å²) in [4.78, 5) is 19.1. The van der Waals surface area contributed by atoms with Gasteiger partial charge in [0.05, 0.1) is 24.4 Å². The Kier molecular flexibility index (Phi) is 4.47. The molecular formula is C16H23N5O2. The van der Waals surface area contributed by atoms with Crippen molar-refractivity contribution in [2.24, 2.45) is 7.05 Å². The third-order valence-electron chi connectivity index (χ3n) is 4.29. The van der Waals surface area contributed by atoms with Crippen molar-refractivity contribution in [3.63, 3.8) is 0 Å². The van der Waals surface area contributed by atoms with Crippen molar-refractivity contribution in [2.45, 2.75) is 32.9 Å². The number of carbonyl (C=O) groups excluding carboxylic acids is 1. The highest BCUT2D eigenvalue weighted by atomic mass is 16.5. The first-order valence-corrected chi connectivity index (χ1v) is 8.03. The van der Waals surface area contributed by atoms with Crippen molar-refractivity contribution >= 4 is 5.91 Å². The molecule has 1 atom stereocenters. The van der Waals surface area contributed by atoms with Gasteiger partial charge in [0.15, 0.2) is 0 Å². The minimum Gasteiger partial charge on any atom is -0.381 e.